The van der Waals surface area contributed by atoms with Gasteiger partial charge in [-0.15, -0.1) is 0 Å². The first-order valence-corrected chi connectivity index (χ1v) is 5.94. The molecule has 1 aromatic rings. The van der Waals surface area contributed by atoms with Gasteiger partial charge in [0.05, 0.1) is 5.02 Å². The molecular formula is C13H20ClNO. The molecule has 0 unspecified atom stereocenters. The minimum atomic E-state index is 0.139. The van der Waals surface area contributed by atoms with Gasteiger partial charge in [-0.2, -0.15) is 0 Å². The fraction of sp³-hybridized carbons (Fsp3) is 0.538. The second kappa shape index (κ2) is 5.55. The minimum Gasteiger partial charge on any atom is -0.506 e. The first-order chi connectivity index (χ1) is 7.38. The monoisotopic (exact) mass is 241 g/mol. The van der Waals surface area contributed by atoms with E-state index in [1.54, 1.807) is 12.1 Å². The van der Waals surface area contributed by atoms with Crippen molar-refractivity contribution >= 4 is 11.6 Å². The highest BCUT2D eigenvalue weighted by Gasteiger charge is 2.08. The number of benzene rings is 1. The van der Waals surface area contributed by atoms with Gasteiger partial charge in [0.15, 0.2) is 0 Å². The van der Waals surface area contributed by atoms with Crippen LogP contribution in [0.3, 0.4) is 0 Å². The molecule has 90 valence electrons. The number of phenols is 1. The molecule has 3 heteroatoms. The maximum atomic E-state index is 9.27. The van der Waals surface area contributed by atoms with Gasteiger partial charge in [0.2, 0.25) is 0 Å². The molecule has 0 aliphatic rings. The summed E-state index contributed by atoms with van der Waals surface area (Å²) in [7, 11) is 0. The van der Waals surface area contributed by atoms with Crippen molar-refractivity contribution in [1.29, 1.82) is 0 Å². The zero-order valence-electron chi connectivity index (χ0n) is 10.2. The number of rotatable bonds is 4. The Morgan fingerprint density at radius 1 is 1.31 bits per heavy atom. The molecule has 0 amide bonds. The van der Waals surface area contributed by atoms with Crippen molar-refractivity contribution in [3.63, 3.8) is 0 Å². The van der Waals surface area contributed by atoms with Crippen LogP contribution in [0.2, 0.25) is 5.02 Å². The molecule has 0 heterocycles. The van der Waals surface area contributed by atoms with Gasteiger partial charge in [-0.25, -0.2) is 0 Å². The Balaban J connectivity index is 2.35. The molecule has 16 heavy (non-hydrogen) atoms. The molecule has 0 aromatic heterocycles. The van der Waals surface area contributed by atoms with Gasteiger partial charge < -0.3 is 10.4 Å². The summed E-state index contributed by atoms with van der Waals surface area (Å²) >= 11 is 5.82. The summed E-state index contributed by atoms with van der Waals surface area (Å²) in [5, 5.41) is 13.0. The van der Waals surface area contributed by atoms with Crippen molar-refractivity contribution in [2.75, 3.05) is 6.54 Å². The van der Waals surface area contributed by atoms with Gasteiger partial charge in [-0.1, -0.05) is 38.4 Å². The second-order valence-corrected chi connectivity index (χ2v) is 5.68. The Morgan fingerprint density at radius 3 is 2.56 bits per heavy atom. The maximum Gasteiger partial charge on any atom is 0.134 e. The number of nitrogens with one attached hydrogen (secondary N) is 1. The molecule has 0 fully saturated rings. The molecule has 0 saturated carbocycles. The summed E-state index contributed by atoms with van der Waals surface area (Å²) in [6.07, 6.45) is 1.14. The number of aromatic hydroxyl groups is 1. The lowest BCUT2D eigenvalue weighted by Crippen LogP contribution is -2.20. The smallest absolute Gasteiger partial charge is 0.134 e. The van der Waals surface area contributed by atoms with E-state index < -0.39 is 0 Å². The van der Waals surface area contributed by atoms with Crippen LogP contribution in [0.5, 0.6) is 5.75 Å². The topological polar surface area (TPSA) is 32.3 Å². The molecule has 0 aliphatic heterocycles. The number of halogens is 1. The summed E-state index contributed by atoms with van der Waals surface area (Å²) in [6.45, 7) is 8.46. The molecule has 2 N–H and O–H groups in total. The van der Waals surface area contributed by atoms with Gasteiger partial charge in [-0.3, -0.25) is 0 Å². The fourth-order valence-corrected chi connectivity index (χ4v) is 1.56. The largest absolute Gasteiger partial charge is 0.506 e. The summed E-state index contributed by atoms with van der Waals surface area (Å²) in [5.41, 5.74) is 1.45. The summed E-state index contributed by atoms with van der Waals surface area (Å²) in [4.78, 5) is 0. The van der Waals surface area contributed by atoms with Gasteiger partial charge in [0, 0.05) is 6.54 Å². The lowest BCUT2D eigenvalue weighted by molar-refractivity contribution is 0.366. The van der Waals surface area contributed by atoms with E-state index >= 15 is 0 Å². The third-order valence-corrected chi connectivity index (χ3v) is 2.70. The molecule has 2 nitrogen and oxygen atoms in total. The number of phenolic OH excluding ortho intramolecular Hbond substituents is 1. The molecule has 0 spiro atoms. The van der Waals surface area contributed by atoms with E-state index in [4.69, 9.17) is 11.6 Å². The van der Waals surface area contributed by atoms with Crippen LogP contribution >= 0.6 is 11.6 Å². The highest BCUT2D eigenvalue weighted by atomic mass is 35.5. The first kappa shape index (κ1) is 13.3. The highest BCUT2D eigenvalue weighted by Crippen LogP contribution is 2.23. The van der Waals surface area contributed by atoms with Gasteiger partial charge >= 0.3 is 0 Å². The molecule has 0 saturated heterocycles. The van der Waals surface area contributed by atoms with Crippen molar-refractivity contribution in [2.45, 2.75) is 33.7 Å². The molecule has 0 atom stereocenters. The summed E-state index contributed by atoms with van der Waals surface area (Å²) in [5.74, 6) is 0.139. The number of hydrogen-bond acceptors (Lipinski definition) is 2. The second-order valence-electron chi connectivity index (χ2n) is 5.27. The van der Waals surface area contributed by atoms with E-state index in [9.17, 15) is 5.11 Å². The van der Waals surface area contributed by atoms with Gasteiger partial charge in [0.1, 0.15) is 5.75 Å². The van der Waals surface area contributed by atoms with E-state index in [-0.39, 0.29) is 5.75 Å². The van der Waals surface area contributed by atoms with Crippen molar-refractivity contribution < 1.29 is 5.11 Å². The van der Waals surface area contributed by atoms with Crippen LogP contribution in [-0.4, -0.2) is 11.7 Å². The van der Waals surface area contributed by atoms with Crippen LogP contribution in [-0.2, 0) is 6.54 Å². The van der Waals surface area contributed by atoms with Crippen molar-refractivity contribution in [2.24, 2.45) is 5.41 Å². The molecule has 0 bridgehead atoms. The zero-order valence-corrected chi connectivity index (χ0v) is 10.9. The maximum absolute atomic E-state index is 9.27. The summed E-state index contributed by atoms with van der Waals surface area (Å²) in [6, 6.07) is 5.30. The number of hydrogen-bond donors (Lipinski definition) is 2. The van der Waals surface area contributed by atoms with Crippen LogP contribution in [0.15, 0.2) is 18.2 Å². The quantitative estimate of drug-likeness (QED) is 0.790. The van der Waals surface area contributed by atoms with E-state index in [1.807, 2.05) is 6.07 Å². The molecule has 1 aromatic carbocycles. The lowest BCUT2D eigenvalue weighted by atomic mass is 9.92. The Labute approximate surface area is 103 Å². The molecule has 0 aliphatic carbocycles. The van der Waals surface area contributed by atoms with Gasteiger partial charge in [-0.05, 0) is 36.1 Å². The van der Waals surface area contributed by atoms with E-state index in [2.05, 4.69) is 26.1 Å². The molecule has 1 rings (SSSR count). The van der Waals surface area contributed by atoms with E-state index in [0.717, 1.165) is 25.1 Å². The highest BCUT2D eigenvalue weighted by molar-refractivity contribution is 6.32. The average Bonchev–Trinajstić information content (AvgIpc) is 2.17. The van der Waals surface area contributed by atoms with Crippen LogP contribution in [0.25, 0.3) is 0 Å². The molecular weight excluding hydrogens is 222 g/mol. The lowest BCUT2D eigenvalue weighted by Gasteiger charge is -2.18. The molecule has 0 radical (unpaired) electrons. The third-order valence-electron chi connectivity index (χ3n) is 2.39. The Kier molecular flexibility index (Phi) is 4.63. The van der Waals surface area contributed by atoms with Crippen molar-refractivity contribution in [3.8, 4) is 5.75 Å². The van der Waals surface area contributed by atoms with Crippen molar-refractivity contribution in [1.82, 2.24) is 5.32 Å². The Hall–Kier alpha value is -0.730. The normalized spacial score (nSPS) is 11.8. The fourth-order valence-electron chi connectivity index (χ4n) is 1.36. The Morgan fingerprint density at radius 2 is 2.00 bits per heavy atom. The van der Waals surface area contributed by atoms with E-state index in [1.165, 1.54) is 0 Å². The van der Waals surface area contributed by atoms with Crippen molar-refractivity contribution in [3.05, 3.63) is 28.8 Å². The van der Waals surface area contributed by atoms with E-state index in [0.29, 0.717) is 10.4 Å². The van der Waals surface area contributed by atoms with Crippen LogP contribution < -0.4 is 5.32 Å². The third kappa shape index (κ3) is 4.86. The van der Waals surface area contributed by atoms with Crippen LogP contribution in [0.4, 0.5) is 0 Å². The predicted octanol–water partition coefficient (Wildman–Crippen LogP) is 3.57. The van der Waals surface area contributed by atoms with Crippen LogP contribution in [0, 0.1) is 5.41 Å². The average molecular weight is 242 g/mol. The first-order valence-electron chi connectivity index (χ1n) is 5.56. The van der Waals surface area contributed by atoms with Gasteiger partial charge in [0.25, 0.3) is 0 Å². The minimum absolute atomic E-state index is 0.139. The predicted molar refractivity (Wildman–Crippen MR) is 68.9 cm³/mol. The van der Waals surface area contributed by atoms with Crippen LogP contribution in [0.1, 0.15) is 32.8 Å². The summed E-state index contributed by atoms with van der Waals surface area (Å²) < 4.78 is 0. The SMILES string of the molecule is CC(C)(C)CCNCc1ccc(O)c(Cl)c1. The Bertz CT molecular complexity index is 344. The zero-order chi connectivity index (χ0) is 12.2. The standard InChI is InChI=1S/C13H20ClNO/c1-13(2,3)6-7-15-9-10-4-5-12(16)11(14)8-10/h4-5,8,15-16H,6-7,9H2,1-3H3.